The highest BCUT2D eigenvalue weighted by Gasteiger charge is 2.29. The standard InChI is InChI=1S/C21H37N/c1-6-9-15-21(4,5)20(14-17-22-16-7-2)19-12-10-18(8-3)11-13-19/h10-13,20,22H,6-9,14-17H2,1-5H3. The van der Waals surface area contributed by atoms with E-state index >= 15 is 0 Å². The van der Waals surface area contributed by atoms with Crippen LogP contribution in [0.15, 0.2) is 24.3 Å². The first kappa shape index (κ1) is 19.2. The van der Waals surface area contributed by atoms with Gasteiger partial charge in [0.15, 0.2) is 0 Å². The number of hydrogen-bond donors (Lipinski definition) is 1. The Morgan fingerprint density at radius 1 is 0.955 bits per heavy atom. The van der Waals surface area contributed by atoms with Gasteiger partial charge in [-0.1, -0.05) is 71.7 Å². The summed E-state index contributed by atoms with van der Waals surface area (Å²) in [7, 11) is 0. The second kappa shape index (κ2) is 10.0. The van der Waals surface area contributed by atoms with Crippen LogP contribution in [0.25, 0.3) is 0 Å². The van der Waals surface area contributed by atoms with Crippen LogP contribution in [0.1, 0.15) is 83.8 Å². The summed E-state index contributed by atoms with van der Waals surface area (Å²) in [5.41, 5.74) is 3.34. The summed E-state index contributed by atoms with van der Waals surface area (Å²) >= 11 is 0. The maximum absolute atomic E-state index is 3.59. The van der Waals surface area contributed by atoms with Gasteiger partial charge in [0.25, 0.3) is 0 Å². The number of rotatable bonds is 11. The first-order chi connectivity index (χ1) is 10.5. The average molecular weight is 304 g/mol. The minimum absolute atomic E-state index is 0.373. The van der Waals surface area contributed by atoms with E-state index in [1.807, 2.05) is 0 Å². The molecule has 0 aliphatic heterocycles. The normalized spacial score (nSPS) is 13.3. The Morgan fingerprint density at radius 2 is 1.64 bits per heavy atom. The molecule has 0 heterocycles. The molecule has 0 amide bonds. The molecule has 1 atom stereocenters. The molecule has 0 aliphatic carbocycles. The minimum atomic E-state index is 0.373. The summed E-state index contributed by atoms with van der Waals surface area (Å²) < 4.78 is 0. The fourth-order valence-corrected chi connectivity index (χ4v) is 3.35. The molecule has 0 fully saturated rings. The molecule has 0 bridgehead atoms. The molecular weight excluding hydrogens is 266 g/mol. The van der Waals surface area contributed by atoms with Gasteiger partial charge in [-0.3, -0.25) is 0 Å². The van der Waals surface area contributed by atoms with Gasteiger partial charge in [-0.2, -0.15) is 0 Å². The van der Waals surface area contributed by atoms with Gasteiger partial charge in [0.2, 0.25) is 0 Å². The molecule has 1 aromatic rings. The summed E-state index contributed by atoms with van der Waals surface area (Å²) in [4.78, 5) is 0. The number of aryl methyl sites for hydroxylation is 1. The molecule has 0 saturated heterocycles. The van der Waals surface area contributed by atoms with Crippen molar-refractivity contribution in [2.24, 2.45) is 5.41 Å². The van der Waals surface area contributed by atoms with E-state index in [1.54, 1.807) is 0 Å². The molecule has 0 saturated carbocycles. The fourth-order valence-electron chi connectivity index (χ4n) is 3.35. The van der Waals surface area contributed by atoms with E-state index in [9.17, 15) is 0 Å². The van der Waals surface area contributed by atoms with Crippen LogP contribution in [0.4, 0.5) is 0 Å². The van der Waals surface area contributed by atoms with Gasteiger partial charge < -0.3 is 5.32 Å². The Kier molecular flexibility index (Phi) is 8.78. The molecule has 1 heteroatoms. The van der Waals surface area contributed by atoms with Crippen molar-refractivity contribution in [1.29, 1.82) is 0 Å². The summed E-state index contributed by atoms with van der Waals surface area (Å²) in [5, 5.41) is 3.59. The molecular formula is C21H37N. The van der Waals surface area contributed by atoms with Crippen LogP contribution in [-0.2, 0) is 6.42 Å². The van der Waals surface area contributed by atoms with Gasteiger partial charge in [-0.15, -0.1) is 0 Å². The van der Waals surface area contributed by atoms with Crippen LogP contribution in [0.2, 0.25) is 0 Å². The van der Waals surface area contributed by atoms with Crippen molar-refractivity contribution >= 4 is 0 Å². The monoisotopic (exact) mass is 303 g/mol. The lowest BCUT2D eigenvalue weighted by Gasteiger charge is -2.35. The van der Waals surface area contributed by atoms with E-state index in [0.29, 0.717) is 11.3 Å². The van der Waals surface area contributed by atoms with Gasteiger partial charge in [0, 0.05) is 0 Å². The predicted octanol–water partition coefficient (Wildman–Crippen LogP) is 5.94. The molecule has 1 aromatic carbocycles. The van der Waals surface area contributed by atoms with E-state index in [1.165, 1.54) is 43.2 Å². The van der Waals surface area contributed by atoms with Crippen molar-refractivity contribution in [1.82, 2.24) is 5.32 Å². The van der Waals surface area contributed by atoms with Gasteiger partial charge in [-0.05, 0) is 61.2 Å². The van der Waals surface area contributed by atoms with Crippen molar-refractivity contribution in [3.8, 4) is 0 Å². The topological polar surface area (TPSA) is 12.0 Å². The van der Waals surface area contributed by atoms with Crippen LogP contribution < -0.4 is 5.32 Å². The van der Waals surface area contributed by atoms with E-state index < -0.39 is 0 Å². The quantitative estimate of drug-likeness (QED) is 0.499. The predicted molar refractivity (Wildman–Crippen MR) is 99.6 cm³/mol. The van der Waals surface area contributed by atoms with Crippen LogP contribution in [0.3, 0.4) is 0 Å². The first-order valence-corrected chi connectivity index (χ1v) is 9.34. The second-order valence-corrected chi connectivity index (χ2v) is 7.28. The molecule has 1 nitrogen and oxygen atoms in total. The van der Waals surface area contributed by atoms with Crippen molar-refractivity contribution in [2.45, 2.75) is 79.1 Å². The van der Waals surface area contributed by atoms with Crippen LogP contribution >= 0.6 is 0 Å². The lowest BCUT2D eigenvalue weighted by Crippen LogP contribution is -2.27. The van der Waals surface area contributed by atoms with E-state index in [0.717, 1.165) is 19.5 Å². The van der Waals surface area contributed by atoms with Crippen LogP contribution in [0.5, 0.6) is 0 Å². The SMILES string of the molecule is CCCCC(C)(C)C(CCNCCC)c1ccc(CC)cc1. The molecule has 0 aliphatic rings. The third-order valence-corrected chi connectivity index (χ3v) is 4.94. The summed E-state index contributed by atoms with van der Waals surface area (Å²) in [6.07, 6.45) is 7.52. The summed E-state index contributed by atoms with van der Waals surface area (Å²) in [5.74, 6) is 0.648. The van der Waals surface area contributed by atoms with Crippen molar-refractivity contribution in [3.05, 3.63) is 35.4 Å². The maximum atomic E-state index is 3.59. The maximum Gasteiger partial charge on any atom is -0.00429 e. The van der Waals surface area contributed by atoms with Crippen molar-refractivity contribution in [3.63, 3.8) is 0 Å². The second-order valence-electron chi connectivity index (χ2n) is 7.28. The molecule has 0 spiro atoms. The highest BCUT2D eigenvalue weighted by Crippen LogP contribution is 2.41. The van der Waals surface area contributed by atoms with Gasteiger partial charge in [0.05, 0.1) is 0 Å². The largest absolute Gasteiger partial charge is 0.317 e. The van der Waals surface area contributed by atoms with E-state index in [2.05, 4.69) is 64.2 Å². The van der Waals surface area contributed by atoms with E-state index in [4.69, 9.17) is 0 Å². The Hall–Kier alpha value is -0.820. The highest BCUT2D eigenvalue weighted by molar-refractivity contribution is 5.27. The number of hydrogen-bond acceptors (Lipinski definition) is 1. The molecule has 0 radical (unpaired) electrons. The van der Waals surface area contributed by atoms with Crippen molar-refractivity contribution in [2.75, 3.05) is 13.1 Å². The number of nitrogens with one attached hydrogen (secondary N) is 1. The smallest absolute Gasteiger partial charge is 0.00429 e. The summed E-state index contributed by atoms with van der Waals surface area (Å²) in [6.45, 7) is 13.9. The molecule has 1 unspecified atom stereocenters. The van der Waals surface area contributed by atoms with Gasteiger partial charge in [0.1, 0.15) is 0 Å². The number of unbranched alkanes of at least 4 members (excludes halogenated alkanes) is 1. The third kappa shape index (κ3) is 6.12. The highest BCUT2D eigenvalue weighted by atomic mass is 14.8. The Bertz CT molecular complexity index is 391. The van der Waals surface area contributed by atoms with Crippen LogP contribution in [-0.4, -0.2) is 13.1 Å². The average Bonchev–Trinajstić information content (AvgIpc) is 2.53. The zero-order chi connectivity index (χ0) is 16.4. The van der Waals surface area contributed by atoms with Gasteiger partial charge in [-0.25, -0.2) is 0 Å². The molecule has 1 N–H and O–H groups in total. The summed E-state index contributed by atoms with van der Waals surface area (Å²) in [6, 6.07) is 9.38. The third-order valence-electron chi connectivity index (χ3n) is 4.94. The molecule has 22 heavy (non-hydrogen) atoms. The Morgan fingerprint density at radius 3 is 2.18 bits per heavy atom. The molecule has 0 aromatic heterocycles. The van der Waals surface area contributed by atoms with Crippen LogP contribution in [0, 0.1) is 5.41 Å². The zero-order valence-electron chi connectivity index (χ0n) is 15.5. The Balaban J connectivity index is 2.83. The molecule has 126 valence electrons. The minimum Gasteiger partial charge on any atom is -0.317 e. The molecule has 1 rings (SSSR count). The lowest BCUT2D eigenvalue weighted by atomic mass is 9.70. The number of benzene rings is 1. The zero-order valence-corrected chi connectivity index (χ0v) is 15.5. The van der Waals surface area contributed by atoms with Crippen molar-refractivity contribution < 1.29 is 0 Å². The van der Waals surface area contributed by atoms with E-state index in [-0.39, 0.29) is 0 Å². The van der Waals surface area contributed by atoms with Gasteiger partial charge >= 0.3 is 0 Å². The first-order valence-electron chi connectivity index (χ1n) is 9.34. The fraction of sp³-hybridized carbons (Fsp3) is 0.714. The Labute approximate surface area is 138 Å². The lowest BCUT2D eigenvalue weighted by molar-refractivity contribution is 0.241.